The third-order valence-corrected chi connectivity index (χ3v) is 4.27. The number of methoxy groups -OCH3 is 1. The standard InChI is InChI=1S/C20H20ClNO6/c1-25-16-7-6-14(21)8-13(16)9-20(24)27-12-19(23)22-10-15-11-26-17-4-2-3-5-18(17)28-15/h2-8,15H,9-12H2,1H3,(H,22,23)/t15-/m1/s1. The van der Waals surface area contributed by atoms with Crippen LogP contribution in [-0.4, -0.2) is 44.8 Å². The molecule has 0 spiro atoms. The van der Waals surface area contributed by atoms with Gasteiger partial charge in [0.1, 0.15) is 18.5 Å². The first kappa shape index (κ1) is 19.8. The van der Waals surface area contributed by atoms with Crippen LogP contribution in [0, 0.1) is 0 Å². The van der Waals surface area contributed by atoms with Crippen molar-refractivity contribution in [2.75, 3.05) is 26.9 Å². The van der Waals surface area contributed by atoms with Gasteiger partial charge in [0.05, 0.1) is 20.1 Å². The second kappa shape index (κ2) is 9.32. The van der Waals surface area contributed by atoms with Crippen molar-refractivity contribution in [3.05, 3.63) is 53.1 Å². The van der Waals surface area contributed by atoms with Crippen LogP contribution in [0.5, 0.6) is 17.2 Å². The maximum atomic E-state index is 12.0. The lowest BCUT2D eigenvalue weighted by atomic mass is 10.1. The van der Waals surface area contributed by atoms with Crippen molar-refractivity contribution in [3.63, 3.8) is 0 Å². The lowest BCUT2D eigenvalue weighted by Crippen LogP contribution is -2.42. The van der Waals surface area contributed by atoms with Crippen LogP contribution in [0.25, 0.3) is 0 Å². The van der Waals surface area contributed by atoms with Crippen LogP contribution in [0.2, 0.25) is 5.02 Å². The fourth-order valence-corrected chi connectivity index (χ4v) is 2.87. The quantitative estimate of drug-likeness (QED) is 0.712. The van der Waals surface area contributed by atoms with Crippen molar-refractivity contribution in [1.29, 1.82) is 0 Å². The molecule has 1 aliphatic heterocycles. The average Bonchev–Trinajstić information content (AvgIpc) is 2.70. The highest BCUT2D eigenvalue weighted by Gasteiger charge is 2.21. The Balaban J connectivity index is 1.41. The lowest BCUT2D eigenvalue weighted by molar-refractivity contribution is -0.148. The summed E-state index contributed by atoms with van der Waals surface area (Å²) in [4.78, 5) is 23.9. The summed E-state index contributed by atoms with van der Waals surface area (Å²) in [5.41, 5.74) is 0.590. The summed E-state index contributed by atoms with van der Waals surface area (Å²) < 4.78 is 21.5. The smallest absolute Gasteiger partial charge is 0.310 e. The van der Waals surface area contributed by atoms with Gasteiger partial charge in [-0.25, -0.2) is 0 Å². The van der Waals surface area contributed by atoms with Gasteiger partial charge in [0.2, 0.25) is 0 Å². The first-order valence-electron chi connectivity index (χ1n) is 8.68. The number of amides is 1. The number of halogens is 1. The van der Waals surface area contributed by atoms with Gasteiger partial charge in [-0.1, -0.05) is 23.7 Å². The van der Waals surface area contributed by atoms with Crippen LogP contribution in [-0.2, 0) is 20.7 Å². The zero-order valence-corrected chi connectivity index (χ0v) is 16.0. The number of ether oxygens (including phenoxy) is 4. The molecular weight excluding hydrogens is 386 g/mol. The van der Waals surface area contributed by atoms with E-state index < -0.39 is 11.9 Å². The number of carbonyl (C=O) groups is 2. The molecule has 0 radical (unpaired) electrons. The zero-order chi connectivity index (χ0) is 19.9. The van der Waals surface area contributed by atoms with Gasteiger partial charge < -0.3 is 24.3 Å². The molecule has 1 aliphatic rings. The Labute approximate surface area is 167 Å². The molecule has 0 aromatic heterocycles. The van der Waals surface area contributed by atoms with Crippen molar-refractivity contribution in [2.45, 2.75) is 12.5 Å². The van der Waals surface area contributed by atoms with Gasteiger partial charge in [-0.15, -0.1) is 0 Å². The summed E-state index contributed by atoms with van der Waals surface area (Å²) in [6, 6.07) is 12.3. The van der Waals surface area contributed by atoms with E-state index in [4.69, 9.17) is 30.5 Å². The fraction of sp³-hybridized carbons (Fsp3) is 0.300. The number of para-hydroxylation sites is 2. The molecule has 8 heteroatoms. The molecule has 28 heavy (non-hydrogen) atoms. The number of fused-ring (bicyclic) bond motifs is 1. The number of benzene rings is 2. The Bertz CT molecular complexity index is 856. The number of carbonyl (C=O) groups excluding carboxylic acids is 2. The van der Waals surface area contributed by atoms with E-state index in [2.05, 4.69) is 5.32 Å². The largest absolute Gasteiger partial charge is 0.496 e. The summed E-state index contributed by atoms with van der Waals surface area (Å²) in [5, 5.41) is 3.15. The number of hydrogen-bond donors (Lipinski definition) is 1. The zero-order valence-electron chi connectivity index (χ0n) is 15.3. The number of rotatable bonds is 7. The number of nitrogens with one attached hydrogen (secondary N) is 1. The molecule has 2 aromatic carbocycles. The summed E-state index contributed by atoms with van der Waals surface area (Å²) in [6.07, 6.45) is -0.363. The van der Waals surface area contributed by atoms with E-state index >= 15 is 0 Å². The van der Waals surface area contributed by atoms with Crippen molar-refractivity contribution in [2.24, 2.45) is 0 Å². The first-order valence-corrected chi connectivity index (χ1v) is 9.06. The summed E-state index contributed by atoms with van der Waals surface area (Å²) >= 11 is 5.94. The molecule has 7 nitrogen and oxygen atoms in total. The minimum Gasteiger partial charge on any atom is -0.496 e. The molecule has 0 unspecified atom stereocenters. The Morgan fingerprint density at radius 3 is 2.79 bits per heavy atom. The summed E-state index contributed by atoms with van der Waals surface area (Å²) in [5.74, 6) is 0.863. The first-order chi connectivity index (χ1) is 13.5. The van der Waals surface area contributed by atoms with Crippen LogP contribution in [0.15, 0.2) is 42.5 Å². The molecule has 1 N–H and O–H groups in total. The average molecular weight is 406 g/mol. The molecule has 0 fully saturated rings. The van der Waals surface area contributed by atoms with E-state index in [0.717, 1.165) is 0 Å². The maximum Gasteiger partial charge on any atom is 0.310 e. The molecule has 0 aliphatic carbocycles. The number of hydrogen-bond acceptors (Lipinski definition) is 6. The Kier molecular flexibility index (Phi) is 6.60. The summed E-state index contributed by atoms with van der Waals surface area (Å²) in [7, 11) is 1.50. The highest BCUT2D eigenvalue weighted by Crippen LogP contribution is 2.30. The Hall–Kier alpha value is -2.93. The molecule has 1 atom stereocenters. The topological polar surface area (TPSA) is 83.1 Å². The molecule has 2 aromatic rings. The van der Waals surface area contributed by atoms with Gasteiger partial charge in [-0.3, -0.25) is 9.59 Å². The maximum absolute atomic E-state index is 12.0. The SMILES string of the molecule is COc1ccc(Cl)cc1CC(=O)OCC(=O)NC[C@@H]1COc2ccccc2O1. The lowest BCUT2D eigenvalue weighted by Gasteiger charge is -2.26. The van der Waals surface area contributed by atoms with Crippen LogP contribution in [0.1, 0.15) is 5.56 Å². The number of esters is 1. The van der Waals surface area contributed by atoms with E-state index in [0.29, 0.717) is 34.4 Å². The van der Waals surface area contributed by atoms with Gasteiger partial charge >= 0.3 is 5.97 Å². The second-order valence-corrected chi connectivity index (χ2v) is 6.53. The molecule has 1 amide bonds. The van der Waals surface area contributed by atoms with Crippen LogP contribution < -0.4 is 19.5 Å². The van der Waals surface area contributed by atoms with Crippen LogP contribution in [0.4, 0.5) is 0 Å². The van der Waals surface area contributed by atoms with E-state index in [9.17, 15) is 9.59 Å². The third kappa shape index (κ3) is 5.29. The van der Waals surface area contributed by atoms with E-state index in [1.54, 1.807) is 24.3 Å². The highest BCUT2D eigenvalue weighted by atomic mass is 35.5. The highest BCUT2D eigenvalue weighted by molar-refractivity contribution is 6.30. The molecule has 3 rings (SSSR count). The monoisotopic (exact) mass is 405 g/mol. The molecule has 0 saturated heterocycles. The second-order valence-electron chi connectivity index (χ2n) is 6.10. The normalized spacial score (nSPS) is 14.9. The van der Waals surface area contributed by atoms with Gasteiger partial charge in [-0.05, 0) is 30.3 Å². The van der Waals surface area contributed by atoms with E-state index in [-0.39, 0.29) is 25.7 Å². The predicted octanol–water partition coefficient (Wildman–Crippen LogP) is 2.39. The van der Waals surface area contributed by atoms with Gasteiger partial charge in [0.15, 0.2) is 18.1 Å². The van der Waals surface area contributed by atoms with Crippen molar-refractivity contribution in [1.82, 2.24) is 5.32 Å². The minimum absolute atomic E-state index is 0.0482. The molecule has 0 saturated carbocycles. The third-order valence-electron chi connectivity index (χ3n) is 4.04. The predicted molar refractivity (Wildman–Crippen MR) is 102 cm³/mol. The molecule has 1 heterocycles. The molecular formula is C20H20ClNO6. The van der Waals surface area contributed by atoms with E-state index in [1.165, 1.54) is 7.11 Å². The molecule has 148 valence electrons. The van der Waals surface area contributed by atoms with E-state index in [1.807, 2.05) is 18.2 Å². The van der Waals surface area contributed by atoms with Gasteiger partial charge in [-0.2, -0.15) is 0 Å². The Morgan fingerprint density at radius 2 is 2.00 bits per heavy atom. The fourth-order valence-electron chi connectivity index (χ4n) is 2.68. The van der Waals surface area contributed by atoms with Crippen molar-refractivity contribution >= 4 is 23.5 Å². The summed E-state index contributed by atoms with van der Waals surface area (Å²) in [6.45, 7) is 0.185. The molecule has 0 bridgehead atoms. The van der Waals surface area contributed by atoms with Crippen LogP contribution >= 0.6 is 11.6 Å². The minimum atomic E-state index is -0.554. The van der Waals surface area contributed by atoms with Gasteiger partial charge in [0.25, 0.3) is 5.91 Å². The van der Waals surface area contributed by atoms with Crippen molar-refractivity contribution < 1.29 is 28.5 Å². The van der Waals surface area contributed by atoms with Crippen molar-refractivity contribution in [3.8, 4) is 17.2 Å². The van der Waals surface area contributed by atoms with Crippen LogP contribution in [0.3, 0.4) is 0 Å². The Morgan fingerprint density at radius 1 is 1.21 bits per heavy atom. The van der Waals surface area contributed by atoms with Gasteiger partial charge in [0, 0.05) is 10.6 Å².